The highest BCUT2D eigenvalue weighted by molar-refractivity contribution is 6.41. The molecule has 276 valence electrons. The Morgan fingerprint density at radius 3 is 1.24 bits per heavy atom. The van der Waals surface area contributed by atoms with Gasteiger partial charge in [0.15, 0.2) is 0 Å². The fourth-order valence-corrected chi connectivity index (χ4v) is 6.88. The number of carboxylic acids is 1. The maximum Gasteiger partial charge on any atom is 0.325 e. The van der Waals surface area contributed by atoms with E-state index >= 15 is 0 Å². The standard InChI is InChI=1S/C19H33Cl5O2.C18H36O2/c1-26-19(25)18(24)17(23)16(22)15(21)13-11-9-7-5-3-2-4-6-8-10-12-14-20;1-2-3-4-5-6-7-8-9-10-11-12-13-14-15-16-17-18(19)20/h15-18H,2-14H2,1H3;2-17H2,1H3,(H,19,20). The number of ether oxygens (including phenoxy) is 1. The number of unbranched alkanes of at least 4 members (excludes halogenated alkanes) is 24. The number of carboxylic acid groups (broad SMARTS) is 1. The number of hydrogen-bond acceptors (Lipinski definition) is 3. The van der Waals surface area contributed by atoms with E-state index in [0.717, 1.165) is 44.4 Å². The molecule has 0 aromatic carbocycles. The van der Waals surface area contributed by atoms with Crippen molar-refractivity contribution in [3.63, 3.8) is 0 Å². The predicted octanol–water partition coefficient (Wildman–Crippen LogP) is 13.8. The van der Waals surface area contributed by atoms with E-state index in [-0.39, 0.29) is 5.38 Å². The summed E-state index contributed by atoms with van der Waals surface area (Å²) in [7, 11) is 1.27. The van der Waals surface area contributed by atoms with Gasteiger partial charge >= 0.3 is 11.9 Å². The van der Waals surface area contributed by atoms with Gasteiger partial charge in [-0.05, 0) is 19.3 Å². The van der Waals surface area contributed by atoms with Gasteiger partial charge in [0.25, 0.3) is 0 Å². The molecule has 4 atom stereocenters. The molecule has 1 N–H and O–H groups in total. The van der Waals surface area contributed by atoms with Gasteiger partial charge in [0.05, 0.1) is 23.2 Å². The quantitative estimate of drug-likeness (QED) is 0.0412. The van der Waals surface area contributed by atoms with E-state index in [0.29, 0.717) is 6.42 Å². The number of carbonyl (C=O) groups is 2. The number of methoxy groups -OCH3 is 1. The van der Waals surface area contributed by atoms with Crippen LogP contribution in [0.1, 0.15) is 187 Å². The summed E-state index contributed by atoms with van der Waals surface area (Å²) in [5.41, 5.74) is 0. The average molecular weight is 755 g/mol. The molecule has 0 aliphatic rings. The van der Waals surface area contributed by atoms with Gasteiger partial charge < -0.3 is 9.84 Å². The van der Waals surface area contributed by atoms with Crippen molar-refractivity contribution in [2.24, 2.45) is 0 Å². The van der Waals surface area contributed by atoms with Crippen LogP contribution in [0.4, 0.5) is 0 Å². The summed E-state index contributed by atoms with van der Waals surface area (Å²) in [4.78, 5) is 21.7. The largest absolute Gasteiger partial charge is 0.481 e. The molecular weight excluding hydrogens is 686 g/mol. The summed E-state index contributed by atoms with van der Waals surface area (Å²) >= 11 is 30.3. The van der Waals surface area contributed by atoms with Crippen molar-refractivity contribution < 1.29 is 19.4 Å². The first-order chi connectivity index (χ1) is 22.2. The summed E-state index contributed by atoms with van der Waals surface area (Å²) in [6.45, 7) is 2.27. The number of esters is 1. The molecule has 9 heteroatoms. The lowest BCUT2D eigenvalue weighted by molar-refractivity contribution is -0.140. The van der Waals surface area contributed by atoms with E-state index in [2.05, 4.69) is 11.7 Å². The second kappa shape index (κ2) is 38.2. The van der Waals surface area contributed by atoms with Gasteiger partial charge in [-0.2, -0.15) is 0 Å². The van der Waals surface area contributed by atoms with Crippen molar-refractivity contribution >= 4 is 69.9 Å². The highest BCUT2D eigenvalue weighted by atomic mass is 35.5. The molecule has 0 amide bonds. The van der Waals surface area contributed by atoms with Crippen LogP contribution in [0.25, 0.3) is 0 Å². The Bertz CT molecular complexity index is 655. The van der Waals surface area contributed by atoms with E-state index in [1.807, 2.05) is 0 Å². The van der Waals surface area contributed by atoms with E-state index < -0.39 is 28.1 Å². The smallest absolute Gasteiger partial charge is 0.325 e. The van der Waals surface area contributed by atoms with Gasteiger partial charge in [-0.25, -0.2) is 0 Å². The van der Waals surface area contributed by atoms with Crippen LogP contribution in [0.15, 0.2) is 0 Å². The molecule has 0 rings (SSSR count). The lowest BCUT2D eigenvalue weighted by Gasteiger charge is -2.23. The summed E-state index contributed by atoms with van der Waals surface area (Å²) in [5.74, 6) is -0.448. The zero-order valence-corrected chi connectivity index (χ0v) is 33.2. The van der Waals surface area contributed by atoms with E-state index in [1.165, 1.54) is 142 Å². The van der Waals surface area contributed by atoms with Crippen LogP contribution in [0.5, 0.6) is 0 Å². The molecule has 0 fully saturated rings. The zero-order chi connectivity index (χ0) is 34.7. The van der Waals surface area contributed by atoms with Gasteiger partial charge in [-0.1, -0.05) is 161 Å². The molecule has 4 nitrogen and oxygen atoms in total. The maximum absolute atomic E-state index is 11.4. The summed E-state index contributed by atoms with van der Waals surface area (Å²) in [6.07, 6.45) is 34.6. The van der Waals surface area contributed by atoms with Crippen molar-refractivity contribution in [1.82, 2.24) is 0 Å². The Balaban J connectivity index is 0. The molecule has 0 heterocycles. The van der Waals surface area contributed by atoms with Crippen LogP contribution < -0.4 is 0 Å². The third-order valence-corrected chi connectivity index (χ3v) is 11.2. The van der Waals surface area contributed by atoms with E-state index in [9.17, 15) is 9.59 Å². The number of alkyl halides is 5. The minimum atomic E-state index is -0.986. The summed E-state index contributed by atoms with van der Waals surface area (Å²) in [5, 5.41) is 5.90. The number of halogens is 5. The molecule has 46 heavy (non-hydrogen) atoms. The molecule has 0 saturated carbocycles. The molecule has 0 aliphatic carbocycles. The topological polar surface area (TPSA) is 63.6 Å². The van der Waals surface area contributed by atoms with Gasteiger partial charge in [0.2, 0.25) is 0 Å². The Hall–Kier alpha value is 0.390. The second-order valence-corrected chi connectivity index (χ2v) is 15.2. The van der Waals surface area contributed by atoms with Crippen molar-refractivity contribution in [2.75, 3.05) is 13.0 Å². The molecule has 0 aromatic rings. The fourth-order valence-electron chi connectivity index (χ4n) is 5.44. The molecule has 0 aliphatic heterocycles. The molecule has 0 spiro atoms. The predicted molar refractivity (Wildman–Crippen MR) is 204 cm³/mol. The van der Waals surface area contributed by atoms with Crippen LogP contribution >= 0.6 is 58.0 Å². The van der Waals surface area contributed by atoms with E-state index in [4.69, 9.17) is 63.1 Å². The molecule has 0 radical (unpaired) electrons. The molecule has 4 unspecified atom stereocenters. The van der Waals surface area contributed by atoms with Crippen molar-refractivity contribution in [3.8, 4) is 0 Å². The SMILES string of the molecule is CCCCCCCCCCCCCCCCCC(=O)O.COC(=O)C(Cl)C(Cl)C(Cl)C(Cl)CCCCCCCCCCCCCCl. The number of carbonyl (C=O) groups excluding carboxylic acids is 1. The Labute approximate surface area is 309 Å². The average Bonchev–Trinajstić information content (AvgIpc) is 3.05. The number of rotatable bonds is 33. The van der Waals surface area contributed by atoms with Crippen molar-refractivity contribution in [3.05, 3.63) is 0 Å². The fraction of sp³-hybridized carbons (Fsp3) is 0.946. The normalized spacial score (nSPS) is 13.8. The van der Waals surface area contributed by atoms with Gasteiger partial charge in [0.1, 0.15) is 5.38 Å². The first-order valence-corrected chi connectivity index (χ1v) is 20.9. The lowest BCUT2D eigenvalue weighted by atomic mass is 10.0. The second-order valence-electron chi connectivity index (χ2n) is 12.8. The first-order valence-electron chi connectivity index (χ1n) is 18.6. The molecule has 0 saturated heterocycles. The first kappa shape index (κ1) is 48.5. The van der Waals surface area contributed by atoms with Gasteiger partial charge in [-0.3, -0.25) is 9.59 Å². The van der Waals surface area contributed by atoms with Crippen molar-refractivity contribution in [2.45, 2.75) is 208 Å². The third-order valence-electron chi connectivity index (χ3n) is 8.46. The third kappa shape index (κ3) is 34.3. The van der Waals surface area contributed by atoms with Crippen molar-refractivity contribution in [1.29, 1.82) is 0 Å². The monoisotopic (exact) mass is 752 g/mol. The van der Waals surface area contributed by atoms with E-state index in [1.54, 1.807) is 0 Å². The Morgan fingerprint density at radius 2 is 0.891 bits per heavy atom. The van der Waals surface area contributed by atoms with Crippen LogP contribution in [-0.4, -0.2) is 51.5 Å². The minimum absolute atomic E-state index is 0.307. The van der Waals surface area contributed by atoms with Crippen LogP contribution in [0, 0.1) is 0 Å². The highest BCUT2D eigenvalue weighted by Gasteiger charge is 2.34. The van der Waals surface area contributed by atoms with Crippen LogP contribution in [0.3, 0.4) is 0 Å². The van der Waals surface area contributed by atoms with Gasteiger partial charge in [0, 0.05) is 12.3 Å². The molecule has 0 aromatic heterocycles. The minimum Gasteiger partial charge on any atom is -0.481 e. The summed E-state index contributed by atoms with van der Waals surface area (Å²) < 4.78 is 4.58. The lowest BCUT2D eigenvalue weighted by Crippen LogP contribution is -2.37. The highest BCUT2D eigenvalue weighted by Crippen LogP contribution is 2.28. The zero-order valence-electron chi connectivity index (χ0n) is 29.4. The number of hydrogen-bond donors (Lipinski definition) is 1. The molecule has 0 bridgehead atoms. The maximum atomic E-state index is 11.4. The van der Waals surface area contributed by atoms with Crippen LogP contribution in [0.2, 0.25) is 0 Å². The van der Waals surface area contributed by atoms with Crippen LogP contribution in [-0.2, 0) is 14.3 Å². The number of aliphatic carboxylic acids is 1. The van der Waals surface area contributed by atoms with Gasteiger partial charge in [-0.15, -0.1) is 58.0 Å². The summed E-state index contributed by atoms with van der Waals surface area (Å²) in [6, 6.07) is 0. The Kier molecular flexibility index (Phi) is 40.3. The Morgan fingerprint density at radius 1 is 0.543 bits per heavy atom. The molecular formula is C37H69Cl5O4.